The maximum Gasteiger partial charge on any atom is 0.327 e. The van der Waals surface area contributed by atoms with Crippen LogP contribution in [0.4, 0.5) is 9.70 Å². The van der Waals surface area contributed by atoms with Gasteiger partial charge in [-0.1, -0.05) is 0 Å². The van der Waals surface area contributed by atoms with Gasteiger partial charge in [0, 0.05) is 19.0 Å². The molecule has 1 aromatic rings. The van der Waals surface area contributed by atoms with Crippen molar-refractivity contribution >= 4 is 21.9 Å². The molecule has 1 fully saturated rings. The zero-order valence-corrected chi connectivity index (χ0v) is 9.66. The Morgan fingerprint density at radius 2 is 1.94 bits per heavy atom. The number of amides is 1. The van der Waals surface area contributed by atoms with Gasteiger partial charge >= 0.3 is 15.9 Å². The van der Waals surface area contributed by atoms with Crippen LogP contribution in [0.5, 0.6) is 0 Å². The highest BCUT2D eigenvalue weighted by molar-refractivity contribution is 7.87. The molecule has 0 saturated carbocycles. The summed E-state index contributed by atoms with van der Waals surface area (Å²) >= 11 is 0. The molecular weight excluding hydrogens is 269 g/mol. The Balaban J connectivity index is 2.38. The Kier molecular flexibility index (Phi) is 2.81. The second-order valence-electron chi connectivity index (χ2n) is 3.78. The summed E-state index contributed by atoms with van der Waals surface area (Å²) in [5.41, 5.74) is -1.58. The third-order valence-corrected chi connectivity index (χ3v) is 3.64. The van der Waals surface area contributed by atoms with Crippen LogP contribution in [0.15, 0.2) is 15.7 Å². The van der Waals surface area contributed by atoms with E-state index < -0.39 is 45.6 Å². The summed E-state index contributed by atoms with van der Waals surface area (Å²) in [7, 11) is -4.84. The minimum absolute atomic E-state index is 0.153. The standard InChI is InChI=1S/C8H8FN3O5S/c9-18(16,17)4-1-7(14)12(3-4)5-2-6(13)11-8(15)10-5/h2,4H,1,3H2,(H2,10,11,13,15). The van der Waals surface area contributed by atoms with Crippen LogP contribution < -0.4 is 16.1 Å². The van der Waals surface area contributed by atoms with Crippen molar-refractivity contribution in [2.75, 3.05) is 11.4 Å². The Bertz CT molecular complexity index is 678. The molecule has 2 rings (SSSR count). The van der Waals surface area contributed by atoms with Crippen molar-refractivity contribution < 1.29 is 17.1 Å². The summed E-state index contributed by atoms with van der Waals surface area (Å²) in [5.74, 6) is -0.831. The molecule has 0 bridgehead atoms. The second kappa shape index (κ2) is 4.05. The van der Waals surface area contributed by atoms with Gasteiger partial charge in [0.2, 0.25) is 5.91 Å². The summed E-state index contributed by atoms with van der Waals surface area (Å²) in [5, 5.41) is -1.48. The van der Waals surface area contributed by atoms with E-state index in [4.69, 9.17) is 0 Å². The van der Waals surface area contributed by atoms with Crippen molar-refractivity contribution in [3.8, 4) is 0 Å². The lowest BCUT2D eigenvalue weighted by Crippen LogP contribution is -2.32. The van der Waals surface area contributed by atoms with Crippen LogP contribution in [-0.2, 0) is 15.0 Å². The molecule has 1 aliphatic heterocycles. The summed E-state index contributed by atoms with van der Waals surface area (Å²) in [6.45, 7) is -0.433. The zero-order valence-electron chi connectivity index (χ0n) is 8.84. The molecule has 1 amide bonds. The van der Waals surface area contributed by atoms with E-state index in [1.165, 1.54) is 0 Å². The van der Waals surface area contributed by atoms with Crippen molar-refractivity contribution in [3.63, 3.8) is 0 Å². The number of nitrogens with zero attached hydrogens (tertiary/aromatic N) is 1. The first kappa shape index (κ1) is 12.5. The van der Waals surface area contributed by atoms with Crippen LogP contribution >= 0.6 is 0 Å². The Morgan fingerprint density at radius 1 is 1.28 bits per heavy atom. The molecule has 1 aromatic heterocycles. The van der Waals surface area contributed by atoms with Crippen LogP contribution in [0.25, 0.3) is 0 Å². The van der Waals surface area contributed by atoms with E-state index in [9.17, 15) is 26.7 Å². The number of anilines is 1. The summed E-state index contributed by atoms with van der Waals surface area (Å²) < 4.78 is 34.2. The first-order valence-corrected chi connectivity index (χ1v) is 6.29. The van der Waals surface area contributed by atoms with Gasteiger partial charge in [0.1, 0.15) is 11.1 Å². The van der Waals surface area contributed by atoms with E-state index in [-0.39, 0.29) is 5.82 Å². The fourth-order valence-corrected chi connectivity index (χ4v) is 2.37. The van der Waals surface area contributed by atoms with E-state index in [0.29, 0.717) is 0 Å². The Labute approximate surface area is 99.7 Å². The number of carbonyl (C=O) groups excluding carboxylic acids is 1. The first-order valence-electron chi connectivity index (χ1n) is 4.85. The zero-order chi connectivity index (χ0) is 13.5. The van der Waals surface area contributed by atoms with Crippen LogP contribution in [0.1, 0.15) is 6.42 Å². The molecule has 1 atom stereocenters. The monoisotopic (exact) mass is 277 g/mol. The maximum atomic E-state index is 12.8. The van der Waals surface area contributed by atoms with Gasteiger partial charge in [0.25, 0.3) is 5.56 Å². The predicted molar refractivity (Wildman–Crippen MR) is 58.5 cm³/mol. The van der Waals surface area contributed by atoms with Gasteiger partial charge in [0.05, 0.1) is 0 Å². The van der Waals surface area contributed by atoms with Crippen LogP contribution in [-0.4, -0.2) is 36.1 Å². The molecular formula is C8H8FN3O5S. The molecule has 1 unspecified atom stereocenters. The Hall–Kier alpha value is -1.97. The van der Waals surface area contributed by atoms with Crippen molar-refractivity contribution in [2.45, 2.75) is 11.7 Å². The van der Waals surface area contributed by atoms with Crippen LogP contribution in [0, 0.1) is 0 Å². The van der Waals surface area contributed by atoms with Gasteiger partial charge in [-0.25, -0.2) is 4.79 Å². The number of H-pyrrole nitrogens is 2. The third kappa shape index (κ3) is 2.32. The number of aromatic nitrogens is 2. The second-order valence-corrected chi connectivity index (χ2v) is 5.40. The molecule has 98 valence electrons. The molecule has 1 saturated heterocycles. The number of hydrogen-bond donors (Lipinski definition) is 2. The largest absolute Gasteiger partial charge is 0.327 e. The van der Waals surface area contributed by atoms with E-state index >= 15 is 0 Å². The fourth-order valence-electron chi connectivity index (χ4n) is 1.70. The SMILES string of the molecule is O=C1CC(S(=O)(=O)F)CN1c1cc(=O)[nH]c(=O)[nH]1. The predicted octanol–water partition coefficient (Wildman–Crippen LogP) is -1.53. The third-order valence-electron chi connectivity index (χ3n) is 2.52. The number of carbonyl (C=O) groups is 1. The molecule has 0 aromatic carbocycles. The lowest BCUT2D eigenvalue weighted by Gasteiger charge is -2.14. The highest BCUT2D eigenvalue weighted by Crippen LogP contribution is 2.22. The van der Waals surface area contributed by atoms with E-state index in [0.717, 1.165) is 11.0 Å². The highest BCUT2D eigenvalue weighted by atomic mass is 32.3. The number of nitrogens with one attached hydrogen (secondary N) is 2. The topological polar surface area (TPSA) is 120 Å². The average molecular weight is 277 g/mol. The maximum absolute atomic E-state index is 12.8. The van der Waals surface area contributed by atoms with Crippen molar-refractivity contribution in [1.82, 2.24) is 9.97 Å². The molecule has 0 spiro atoms. The molecule has 8 nitrogen and oxygen atoms in total. The van der Waals surface area contributed by atoms with Crippen molar-refractivity contribution in [3.05, 3.63) is 26.9 Å². The number of aromatic amines is 2. The summed E-state index contributed by atoms with van der Waals surface area (Å²) in [6, 6.07) is 0.923. The van der Waals surface area contributed by atoms with Gasteiger partial charge in [-0.3, -0.25) is 24.5 Å². The molecule has 2 N–H and O–H groups in total. The van der Waals surface area contributed by atoms with E-state index in [1.54, 1.807) is 0 Å². The van der Waals surface area contributed by atoms with Gasteiger partial charge in [-0.2, -0.15) is 8.42 Å². The van der Waals surface area contributed by atoms with Gasteiger partial charge in [-0.05, 0) is 0 Å². The first-order chi connectivity index (χ1) is 8.27. The number of hydrogen-bond acceptors (Lipinski definition) is 5. The molecule has 10 heteroatoms. The molecule has 1 aliphatic rings. The van der Waals surface area contributed by atoms with E-state index in [1.807, 2.05) is 4.98 Å². The molecule has 18 heavy (non-hydrogen) atoms. The van der Waals surface area contributed by atoms with Gasteiger partial charge in [0.15, 0.2) is 0 Å². The lowest BCUT2D eigenvalue weighted by atomic mass is 10.4. The Morgan fingerprint density at radius 3 is 2.44 bits per heavy atom. The quantitative estimate of drug-likeness (QED) is 0.635. The van der Waals surface area contributed by atoms with Crippen LogP contribution in [0.2, 0.25) is 0 Å². The minimum Gasteiger partial charge on any atom is -0.297 e. The number of rotatable bonds is 2. The van der Waals surface area contributed by atoms with Gasteiger partial charge < -0.3 is 0 Å². The van der Waals surface area contributed by atoms with Crippen molar-refractivity contribution in [1.29, 1.82) is 0 Å². The minimum atomic E-state index is -4.84. The number of halogens is 1. The lowest BCUT2D eigenvalue weighted by molar-refractivity contribution is -0.117. The normalized spacial score (nSPS) is 20.4. The van der Waals surface area contributed by atoms with Gasteiger partial charge in [-0.15, -0.1) is 3.89 Å². The summed E-state index contributed by atoms with van der Waals surface area (Å²) in [6.07, 6.45) is -0.520. The smallest absolute Gasteiger partial charge is 0.297 e. The highest BCUT2D eigenvalue weighted by Gasteiger charge is 2.39. The van der Waals surface area contributed by atoms with Crippen molar-refractivity contribution in [2.24, 2.45) is 0 Å². The molecule has 2 heterocycles. The molecule has 0 aliphatic carbocycles. The van der Waals surface area contributed by atoms with Crippen LogP contribution in [0.3, 0.4) is 0 Å². The average Bonchev–Trinajstić information content (AvgIpc) is 2.58. The van der Waals surface area contributed by atoms with E-state index in [2.05, 4.69) is 4.98 Å². The summed E-state index contributed by atoms with van der Waals surface area (Å²) in [4.78, 5) is 38.5. The molecule has 0 radical (unpaired) electrons. The fraction of sp³-hybridized carbons (Fsp3) is 0.375.